The highest BCUT2D eigenvalue weighted by Crippen LogP contribution is 2.34. The van der Waals surface area contributed by atoms with Gasteiger partial charge < -0.3 is 9.47 Å². The molecule has 0 atom stereocenters. The third-order valence-corrected chi connectivity index (χ3v) is 4.83. The summed E-state index contributed by atoms with van der Waals surface area (Å²) < 4.78 is 12.7. The van der Waals surface area contributed by atoms with Gasteiger partial charge in [0.1, 0.15) is 16.0 Å². The molecule has 1 rings (SSSR count). The summed E-state index contributed by atoms with van der Waals surface area (Å²) in [5.41, 5.74) is 0. The molecule has 0 unspecified atom stereocenters. The molecule has 0 aliphatic rings. The Hall–Kier alpha value is -1.22. The quantitative estimate of drug-likeness (QED) is 0.208. The highest BCUT2D eigenvalue weighted by atomic mass is 79.9. The van der Waals surface area contributed by atoms with Gasteiger partial charge in [-0.15, -0.1) is 13.2 Å². The Bertz CT molecular complexity index is 445. The van der Waals surface area contributed by atoms with Crippen LogP contribution in [0.5, 0.6) is 11.5 Å². The number of allylic oxidation sites excluding steroid dienone is 2. The van der Waals surface area contributed by atoms with E-state index < -0.39 is 0 Å². The van der Waals surface area contributed by atoms with Crippen LogP contribution in [0.4, 0.5) is 0 Å². The molecule has 1 aromatic rings. The van der Waals surface area contributed by atoms with E-state index in [0.29, 0.717) is 0 Å². The Morgan fingerprint density at radius 1 is 0.720 bits per heavy atom. The molecular weight excluding hydrogens is 376 g/mol. The maximum Gasteiger partial charge on any atom is 0.137 e. The molecule has 3 heteroatoms. The number of hydrogen-bond donors (Lipinski definition) is 0. The predicted molar refractivity (Wildman–Crippen MR) is 112 cm³/mol. The van der Waals surface area contributed by atoms with E-state index in [1.54, 1.807) is 0 Å². The van der Waals surface area contributed by atoms with E-state index in [1.165, 1.54) is 38.5 Å². The molecule has 0 saturated carbocycles. The third-order valence-electron chi connectivity index (χ3n) is 4.05. The van der Waals surface area contributed by atoms with E-state index in [-0.39, 0.29) is 0 Å². The maximum absolute atomic E-state index is 5.90. The molecule has 2 nitrogen and oxygen atoms in total. The lowest BCUT2D eigenvalue weighted by atomic mass is 10.1. The minimum absolute atomic E-state index is 0.749. The minimum Gasteiger partial charge on any atom is -0.492 e. The molecule has 0 N–H and O–H groups in total. The van der Waals surface area contributed by atoms with Gasteiger partial charge in [0.25, 0.3) is 0 Å². The van der Waals surface area contributed by atoms with Gasteiger partial charge in [0.05, 0.1) is 13.2 Å². The SMILES string of the molecule is C=CCCCCCCOc1cccc(OCCCCCCC=C)c1Br. The first-order valence-electron chi connectivity index (χ1n) is 9.55. The number of halogens is 1. The molecule has 1 aromatic carbocycles. The first kappa shape index (κ1) is 21.8. The third kappa shape index (κ3) is 10.4. The van der Waals surface area contributed by atoms with Crippen LogP contribution in [-0.2, 0) is 0 Å². The van der Waals surface area contributed by atoms with Crippen molar-refractivity contribution in [2.45, 2.75) is 64.2 Å². The molecule has 0 heterocycles. The van der Waals surface area contributed by atoms with Gasteiger partial charge in [0.2, 0.25) is 0 Å². The van der Waals surface area contributed by atoms with E-state index in [4.69, 9.17) is 9.47 Å². The van der Waals surface area contributed by atoms with Crippen LogP contribution in [0.3, 0.4) is 0 Å². The second-order valence-corrected chi connectivity index (χ2v) is 7.04. The summed E-state index contributed by atoms with van der Waals surface area (Å²) in [4.78, 5) is 0. The summed E-state index contributed by atoms with van der Waals surface area (Å²) in [5, 5.41) is 0. The van der Waals surface area contributed by atoms with Gasteiger partial charge >= 0.3 is 0 Å². The van der Waals surface area contributed by atoms with Crippen LogP contribution in [0.2, 0.25) is 0 Å². The van der Waals surface area contributed by atoms with Crippen molar-refractivity contribution in [1.29, 1.82) is 0 Å². The summed E-state index contributed by atoms with van der Waals surface area (Å²) >= 11 is 3.62. The molecule has 0 aliphatic carbocycles. The maximum atomic E-state index is 5.90. The van der Waals surface area contributed by atoms with Gasteiger partial charge in [-0.2, -0.15) is 0 Å². The van der Waals surface area contributed by atoms with Crippen molar-refractivity contribution in [2.24, 2.45) is 0 Å². The van der Waals surface area contributed by atoms with Gasteiger partial charge in [0.15, 0.2) is 0 Å². The zero-order valence-corrected chi connectivity index (χ0v) is 17.1. The molecule has 140 valence electrons. The summed E-state index contributed by atoms with van der Waals surface area (Å²) in [5.74, 6) is 1.74. The average Bonchev–Trinajstić information content (AvgIpc) is 2.62. The molecule has 0 saturated heterocycles. The van der Waals surface area contributed by atoms with Gasteiger partial charge in [-0.3, -0.25) is 0 Å². The second-order valence-electron chi connectivity index (χ2n) is 6.25. The second kappa shape index (κ2) is 15.1. The summed E-state index contributed by atoms with van der Waals surface area (Å²) in [7, 11) is 0. The van der Waals surface area contributed by atoms with E-state index in [9.17, 15) is 0 Å². The van der Waals surface area contributed by atoms with Gasteiger partial charge in [-0.25, -0.2) is 0 Å². The largest absolute Gasteiger partial charge is 0.492 e. The number of ether oxygens (including phenoxy) is 2. The first-order valence-corrected chi connectivity index (χ1v) is 10.3. The first-order chi connectivity index (χ1) is 12.3. The normalized spacial score (nSPS) is 10.4. The lowest BCUT2D eigenvalue weighted by Crippen LogP contribution is -2.01. The Morgan fingerprint density at radius 3 is 1.60 bits per heavy atom. The van der Waals surface area contributed by atoms with Crippen LogP contribution in [0.25, 0.3) is 0 Å². The van der Waals surface area contributed by atoms with Crippen molar-refractivity contribution in [3.8, 4) is 11.5 Å². The lowest BCUT2D eigenvalue weighted by Gasteiger charge is -2.12. The molecule has 0 bridgehead atoms. The fourth-order valence-electron chi connectivity index (χ4n) is 2.57. The summed E-state index contributed by atoms with van der Waals surface area (Å²) in [6.07, 6.45) is 15.7. The molecule has 25 heavy (non-hydrogen) atoms. The molecule has 0 aromatic heterocycles. The Morgan fingerprint density at radius 2 is 1.16 bits per heavy atom. The zero-order valence-electron chi connectivity index (χ0n) is 15.5. The standard InChI is InChI=1S/C22H33BrO2/c1-3-5-7-9-11-13-18-24-20-16-15-17-21(22(20)23)25-19-14-12-10-8-6-4-2/h3-4,15-17H,1-2,5-14,18-19H2. The Balaban J connectivity index is 2.23. The Kier molecular flexibility index (Phi) is 13.2. The van der Waals surface area contributed by atoms with Crippen LogP contribution in [0, 0.1) is 0 Å². The van der Waals surface area contributed by atoms with E-state index in [2.05, 4.69) is 29.1 Å². The van der Waals surface area contributed by atoms with Crippen LogP contribution in [0.15, 0.2) is 48.0 Å². The zero-order chi connectivity index (χ0) is 18.2. The van der Waals surface area contributed by atoms with E-state index in [1.807, 2.05) is 30.4 Å². The minimum atomic E-state index is 0.749. The lowest BCUT2D eigenvalue weighted by molar-refractivity contribution is 0.286. The molecule has 0 aliphatic heterocycles. The number of rotatable bonds is 16. The molecule has 0 radical (unpaired) electrons. The number of hydrogen-bond acceptors (Lipinski definition) is 2. The van der Waals surface area contributed by atoms with Crippen LogP contribution in [0.1, 0.15) is 64.2 Å². The fourth-order valence-corrected chi connectivity index (χ4v) is 3.06. The summed E-state index contributed by atoms with van der Waals surface area (Å²) in [6.45, 7) is 9.00. The van der Waals surface area contributed by atoms with E-state index in [0.717, 1.165) is 54.9 Å². The average molecular weight is 409 g/mol. The van der Waals surface area contributed by atoms with Gasteiger partial charge in [0, 0.05) is 0 Å². The van der Waals surface area contributed by atoms with Crippen LogP contribution in [-0.4, -0.2) is 13.2 Å². The van der Waals surface area contributed by atoms with E-state index >= 15 is 0 Å². The molecule has 0 fully saturated rings. The van der Waals surface area contributed by atoms with Crippen molar-refractivity contribution in [2.75, 3.05) is 13.2 Å². The molecule has 0 spiro atoms. The predicted octanol–water partition coefficient (Wildman–Crippen LogP) is 7.48. The number of unbranched alkanes of at least 4 members (excludes halogenated alkanes) is 8. The number of benzene rings is 1. The van der Waals surface area contributed by atoms with Gasteiger partial charge in [-0.1, -0.05) is 43.9 Å². The Labute approximate surface area is 162 Å². The van der Waals surface area contributed by atoms with Crippen molar-refractivity contribution >= 4 is 15.9 Å². The van der Waals surface area contributed by atoms with Gasteiger partial charge in [-0.05, 0) is 66.6 Å². The van der Waals surface area contributed by atoms with Crippen molar-refractivity contribution < 1.29 is 9.47 Å². The monoisotopic (exact) mass is 408 g/mol. The topological polar surface area (TPSA) is 18.5 Å². The molecule has 0 amide bonds. The highest BCUT2D eigenvalue weighted by Gasteiger charge is 2.07. The van der Waals surface area contributed by atoms with Crippen molar-refractivity contribution in [3.05, 3.63) is 48.0 Å². The molecular formula is C22H33BrO2. The van der Waals surface area contributed by atoms with Crippen molar-refractivity contribution in [3.63, 3.8) is 0 Å². The fraction of sp³-hybridized carbons (Fsp3) is 0.545. The van der Waals surface area contributed by atoms with Crippen LogP contribution < -0.4 is 9.47 Å². The summed E-state index contributed by atoms with van der Waals surface area (Å²) in [6, 6.07) is 5.97. The van der Waals surface area contributed by atoms with Crippen molar-refractivity contribution in [1.82, 2.24) is 0 Å². The smallest absolute Gasteiger partial charge is 0.137 e. The van der Waals surface area contributed by atoms with Crippen LogP contribution >= 0.6 is 15.9 Å². The highest BCUT2D eigenvalue weighted by molar-refractivity contribution is 9.10.